The molecule has 0 spiro atoms. The van der Waals surface area contributed by atoms with E-state index in [0.29, 0.717) is 10.6 Å². The van der Waals surface area contributed by atoms with Crippen LogP contribution in [0.3, 0.4) is 0 Å². The second kappa shape index (κ2) is 8.24. The molecule has 0 aliphatic carbocycles. The predicted octanol–water partition coefficient (Wildman–Crippen LogP) is 5.22. The molecule has 4 aromatic rings. The molecular weight excluding hydrogens is 378 g/mol. The maximum absolute atomic E-state index is 5.36. The van der Waals surface area contributed by atoms with Gasteiger partial charge in [-0.2, -0.15) is 14.9 Å². The van der Waals surface area contributed by atoms with E-state index in [4.69, 9.17) is 12.2 Å². The van der Waals surface area contributed by atoms with Crippen molar-refractivity contribution in [3.63, 3.8) is 0 Å². The van der Waals surface area contributed by atoms with Gasteiger partial charge in [0, 0.05) is 25.3 Å². The van der Waals surface area contributed by atoms with E-state index in [1.807, 2.05) is 68.7 Å². The van der Waals surface area contributed by atoms with Crippen molar-refractivity contribution in [3.05, 3.63) is 89.2 Å². The van der Waals surface area contributed by atoms with Crippen molar-refractivity contribution in [2.45, 2.75) is 0 Å². The van der Waals surface area contributed by atoms with Gasteiger partial charge >= 0.3 is 0 Å². The van der Waals surface area contributed by atoms with E-state index in [9.17, 15) is 0 Å². The fourth-order valence-corrected chi connectivity index (χ4v) is 3.19. The minimum Gasteiger partial charge on any atom is -0.378 e. The van der Waals surface area contributed by atoms with Gasteiger partial charge in [-0.15, -0.1) is 0 Å². The average Bonchev–Trinajstić information content (AvgIpc) is 3.13. The summed E-state index contributed by atoms with van der Waals surface area (Å²) in [4.78, 5) is 2.05. The van der Waals surface area contributed by atoms with Gasteiger partial charge in [0.05, 0.1) is 6.21 Å². The summed E-state index contributed by atoms with van der Waals surface area (Å²) in [6, 6.07) is 26.7. The molecule has 3 aromatic carbocycles. The number of aromatic nitrogens is 3. The van der Waals surface area contributed by atoms with Gasteiger partial charge in [0.2, 0.25) is 4.77 Å². The number of hydrogen-bond acceptors (Lipinski definition) is 4. The topological polar surface area (TPSA) is 49.2 Å². The van der Waals surface area contributed by atoms with Crippen LogP contribution in [0.4, 0.5) is 5.69 Å². The Morgan fingerprint density at radius 2 is 1.48 bits per heavy atom. The molecule has 0 bridgehead atoms. The predicted molar refractivity (Wildman–Crippen MR) is 122 cm³/mol. The van der Waals surface area contributed by atoms with Crippen molar-refractivity contribution in [1.82, 2.24) is 14.9 Å². The SMILES string of the molecule is CN(C)c1ccc(-c2n[nH]c(=S)n2N=Cc2ccc(-c3ccccc3)cc2)cc1. The van der Waals surface area contributed by atoms with Crippen molar-refractivity contribution < 1.29 is 0 Å². The number of anilines is 1. The summed E-state index contributed by atoms with van der Waals surface area (Å²) in [6.07, 6.45) is 1.79. The molecule has 1 heterocycles. The standard InChI is InChI=1S/C23H21N5S/c1-27(2)21-14-12-20(13-15-21)22-25-26-23(29)28(22)24-16-17-8-10-19(11-9-17)18-6-4-3-5-7-18/h3-16H,1-2H3,(H,26,29). The van der Waals surface area contributed by atoms with Gasteiger partial charge in [-0.25, -0.2) is 5.10 Å². The van der Waals surface area contributed by atoms with E-state index in [-0.39, 0.29) is 0 Å². The highest BCUT2D eigenvalue weighted by Crippen LogP contribution is 2.21. The molecule has 0 aliphatic heterocycles. The Bertz CT molecular complexity index is 1170. The number of aromatic amines is 1. The maximum atomic E-state index is 5.36. The Kier molecular flexibility index (Phi) is 5.35. The molecule has 0 amide bonds. The zero-order chi connectivity index (χ0) is 20.2. The summed E-state index contributed by atoms with van der Waals surface area (Å²) in [5.74, 6) is 0.678. The lowest BCUT2D eigenvalue weighted by Gasteiger charge is -2.12. The molecule has 1 N–H and O–H groups in total. The lowest BCUT2D eigenvalue weighted by atomic mass is 10.0. The number of H-pyrrole nitrogens is 1. The summed E-state index contributed by atoms with van der Waals surface area (Å²) < 4.78 is 2.10. The molecule has 4 rings (SSSR count). The maximum Gasteiger partial charge on any atom is 0.216 e. The molecule has 144 valence electrons. The Morgan fingerprint density at radius 3 is 2.14 bits per heavy atom. The minimum absolute atomic E-state index is 0.453. The van der Waals surface area contributed by atoms with Crippen molar-refractivity contribution >= 4 is 24.1 Å². The third kappa shape index (κ3) is 4.17. The van der Waals surface area contributed by atoms with E-state index >= 15 is 0 Å². The fraction of sp³-hybridized carbons (Fsp3) is 0.0870. The molecule has 29 heavy (non-hydrogen) atoms. The Labute approximate surface area is 175 Å². The monoisotopic (exact) mass is 399 g/mol. The smallest absolute Gasteiger partial charge is 0.216 e. The van der Waals surface area contributed by atoms with Crippen LogP contribution in [0.1, 0.15) is 5.56 Å². The Morgan fingerprint density at radius 1 is 0.862 bits per heavy atom. The highest BCUT2D eigenvalue weighted by Gasteiger charge is 2.08. The van der Waals surface area contributed by atoms with Crippen LogP contribution in [0.25, 0.3) is 22.5 Å². The van der Waals surface area contributed by atoms with Gasteiger partial charge in [0.25, 0.3) is 0 Å². The molecule has 5 nitrogen and oxygen atoms in total. The van der Waals surface area contributed by atoms with Gasteiger partial charge in [-0.3, -0.25) is 0 Å². The number of nitrogens with one attached hydrogen (secondary N) is 1. The van der Waals surface area contributed by atoms with Gasteiger partial charge in [-0.1, -0.05) is 54.6 Å². The van der Waals surface area contributed by atoms with E-state index < -0.39 is 0 Å². The zero-order valence-corrected chi connectivity index (χ0v) is 17.1. The lowest BCUT2D eigenvalue weighted by Crippen LogP contribution is -2.08. The first-order valence-corrected chi connectivity index (χ1v) is 9.68. The highest BCUT2D eigenvalue weighted by atomic mass is 32.1. The number of nitrogens with zero attached hydrogens (tertiary/aromatic N) is 4. The first-order valence-electron chi connectivity index (χ1n) is 9.27. The van der Waals surface area contributed by atoms with Gasteiger partial charge in [-0.05, 0) is 53.2 Å². The molecule has 0 radical (unpaired) electrons. The second-order valence-electron chi connectivity index (χ2n) is 6.84. The third-order valence-electron chi connectivity index (χ3n) is 4.63. The van der Waals surface area contributed by atoms with Crippen molar-refractivity contribution in [2.75, 3.05) is 19.0 Å². The normalized spacial score (nSPS) is 11.1. The number of hydrogen-bond donors (Lipinski definition) is 1. The fourth-order valence-electron chi connectivity index (χ4n) is 3.01. The van der Waals surface area contributed by atoms with Crippen molar-refractivity contribution in [3.8, 4) is 22.5 Å². The van der Waals surface area contributed by atoms with Gasteiger partial charge < -0.3 is 4.90 Å². The van der Waals surface area contributed by atoms with Crippen LogP contribution < -0.4 is 4.90 Å². The second-order valence-corrected chi connectivity index (χ2v) is 7.22. The molecule has 0 saturated carbocycles. The van der Waals surface area contributed by atoms with Crippen LogP contribution in [0.2, 0.25) is 0 Å². The number of benzene rings is 3. The summed E-state index contributed by atoms with van der Waals surface area (Å²) in [5, 5.41) is 11.7. The van der Waals surface area contributed by atoms with E-state index in [1.165, 1.54) is 11.1 Å². The van der Waals surface area contributed by atoms with Crippen LogP contribution in [0.15, 0.2) is 84.0 Å². The summed E-state index contributed by atoms with van der Waals surface area (Å²) in [5.41, 5.74) is 5.42. The van der Waals surface area contributed by atoms with Crippen LogP contribution in [0.5, 0.6) is 0 Å². The molecule has 0 unspecified atom stereocenters. The van der Waals surface area contributed by atoms with Crippen molar-refractivity contribution in [2.24, 2.45) is 5.10 Å². The first kappa shape index (κ1) is 18.8. The number of rotatable bonds is 5. The summed E-state index contributed by atoms with van der Waals surface area (Å²) in [6.45, 7) is 0. The van der Waals surface area contributed by atoms with Crippen LogP contribution in [-0.2, 0) is 0 Å². The molecular formula is C23H21N5S. The van der Waals surface area contributed by atoms with Gasteiger partial charge in [0.1, 0.15) is 0 Å². The Balaban J connectivity index is 1.59. The molecule has 0 aliphatic rings. The lowest BCUT2D eigenvalue weighted by molar-refractivity contribution is 0.871. The molecule has 0 atom stereocenters. The molecule has 0 fully saturated rings. The van der Waals surface area contributed by atoms with Crippen LogP contribution >= 0.6 is 12.2 Å². The van der Waals surface area contributed by atoms with Crippen molar-refractivity contribution in [1.29, 1.82) is 0 Å². The van der Waals surface area contributed by atoms with Gasteiger partial charge in [0.15, 0.2) is 5.82 Å². The average molecular weight is 400 g/mol. The molecule has 1 aromatic heterocycles. The largest absolute Gasteiger partial charge is 0.378 e. The highest BCUT2D eigenvalue weighted by molar-refractivity contribution is 7.71. The van der Waals surface area contributed by atoms with Crippen LogP contribution in [0, 0.1) is 4.77 Å². The Hall–Kier alpha value is -3.51. The first-order chi connectivity index (χ1) is 14.1. The summed E-state index contributed by atoms with van der Waals surface area (Å²) >= 11 is 5.36. The van der Waals surface area contributed by atoms with E-state index in [2.05, 4.69) is 44.5 Å². The van der Waals surface area contributed by atoms with E-state index in [1.54, 1.807) is 10.9 Å². The summed E-state index contributed by atoms with van der Waals surface area (Å²) in [7, 11) is 4.02. The minimum atomic E-state index is 0.453. The molecule has 6 heteroatoms. The van der Waals surface area contributed by atoms with E-state index in [0.717, 1.165) is 16.8 Å². The van der Waals surface area contributed by atoms with Crippen LogP contribution in [-0.4, -0.2) is 35.2 Å². The zero-order valence-electron chi connectivity index (χ0n) is 16.3. The third-order valence-corrected chi connectivity index (χ3v) is 4.90. The molecule has 0 saturated heterocycles. The quantitative estimate of drug-likeness (QED) is 0.370.